The van der Waals surface area contributed by atoms with Crippen LogP contribution in [0.1, 0.15) is 200 Å². The number of hydrogen-bond donors (Lipinski definition) is 8. The summed E-state index contributed by atoms with van der Waals surface area (Å²) in [5.74, 6) is -0.712. The lowest BCUT2D eigenvalue weighted by Crippen LogP contribution is -2.60. The highest BCUT2D eigenvalue weighted by atomic mass is 16.7. The van der Waals surface area contributed by atoms with Gasteiger partial charge in [0.1, 0.15) is 36.6 Å². The lowest BCUT2D eigenvalue weighted by molar-refractivity contribution is -0.303. The number of carbonyl (C=O) groups is 1. The van der Waals surface area contributed by atoms with Gasteiger partial charge in [0.05, 0.1) is 25.4 Å². The summed E-state index contributed by atoms with van der Waals surface area (Å²) >= 11 is 0. The van der Waals surface area contributed by atoms with E-state index in [0.29, 0.717) is 12.8 Å². The first-order chi connectivity index (χ1) is 28.2. The summed E-state index contributed by atoms with van der Waals surface area (Å²) in [7, 11) is 0. The van der Waals surface area contributed by atoms with Crippen molar-refractivity contribution in [2.24, 2.45) is 0 Å². The molecule has 1 amide bonds. The van der Waals surface area contributed by atoms with Gasteiger partial charge in [-0.3, -0.25) is 4.79 Å². The average Bonchev–Trinajstić information content (AvgIpc) is 3.22. The van der Waals surface area contributed by atoms with Crippen LogP contribution in [0.25, 0.3) is 0 Å². The summed E-state index contributed by atoms with van der Waals surface area (Å²) < 4.78 is 11.1. The molecule has 8 N–H and O–H groups in total. The molecule has 1 heterocycles. The summed E-state index contributed by atoms with van der Waals surface area (Å²) in [6, 6.07) is -1.18. The van der Waals surface area contributed by atoms with Gasteiger partial charge in [-0.2, -0.15) is 0 Å². The third-order valence-electron chi connectivity index (χ3n) is 11.5. The van der Waals surface area contributed by atoms with Crippen LogP contribution >= 0.6 is 0 Å². The van der Waals surface area contributed by atoms with Crippen LogP contribution < -0.4 is 5.32 Å². The zero-order valence-corrected chi connectivity index (χ0v) is 36.8. The molecule has 0 aromatic heterocycles. The molecule has 11 nitrogen and oxygen atoms in total. The molecule has 0 bridgehead atoms. The number of hydrogen-bond acceptors (Lipinski definition) is 10. The Kier molecular flexibility index (Phi) is 35.2. The number of aliphatic hydroxyl groups excluding tert-OH is 7. The number of allylic oxidation sites excluding steroid dienone is 4. The molecule has 1 aliphatic rings. The monoisotopic (exact) mass is 828 g/mol. The minimum Gasteiger partial charge on any atom is -0.394 e. The quantitative estimate of drug-likeness (QED) is 0.0224. The summed E-state index contributed by atoms with van der Waals surface area (Å²) in [6.45, 7) is 3.41. The van der Waals surface area contributed by atoms with Crippen molar-refractivity contribution in [3.8, 4) is 0 Å². The van der Waals surface area contributed by atoms with E-state index in [0.717, 1.165) is 57.8 Å². The molecule has 11 heteroatoms. The molecule has 1 fully saturated rings. The molecule has 9 atom stereocenters. The number of amides is 1. The van der Waals surface area contributed by atoms with Crippen LogP contribution in [0.2, 0.25) is 0 Å². The van der Waals surface area contributed by atoms with E-state index >= 15 is 0 Å². The summed E-state index contributed by atoms with van der Waals surface area (Å²) in [5.41, 5.74) is 0. The second-order valence-corrected chi connectivity index (χ2v) is 16.8. The van der Waals surface area contributed by atoms with E-state index < -0.39 is 74.2 Å². The van der Waals surface area contributed by atoms with Crippen LogP contribution in [-0.4, -0.2) is 110 Å². The van der Waals surface area contributed by atoms with Gasteiger partial charge >= 0.3 is 0 Å². The molecular weight excluding hydrogens is 739 g/mol. The molecule has 0 aliphatic carbocycles. The first-order valence-electron chi connectivity index (χ1n) is 23.7. The molecule has 58 heavy (non-hydrogen) atoms. The first kappa shape index (κ1) is 54.6. The molecule has 0 spiro atoms. The average molecular weight is 828 g/mol. The Balaban J connectivity index is 2.47. The molecule has 0 aromatic rings. The molecule has 0 aromatic carbocycles. The fourth-order valence-corrected chi connectivity index (χ4v) is 7.49. The Labute approximate surface area is 353 Å². The fraction of sp³-hybridized carbons (Fsp3) is 0.894. The van der Waals surface area contributed by atoms with Gasteiger partial charge in [-0.15, -0.1) is 0 Å². The highest BCUT2D eigenvalue weighted by molar-refractivity contribution is 5.80. The number of carbonyl (C=O) groups excluding carboxylic acids is 1. The molecule has 342 valence electrons. The van der Waals surface area contributed by atoms with Crippen molar-refractivity contribution in [1.82, 2.24) is 5.32 Å². The van der Waals surface area contributed by atoms with Crippen molar-refractivity contribution < 1.29 is 50.0 Å². The number of nitrogens with one attached hydrogen (secondary N) is 1. The van der Waals surface area contributed by atoms with Crippen molar-refractivity contribution >= 4 is 5.91 Å². The third-order valence-corrected chi connectivity index (χ3v) is 11.5. The second kappa shape index (κ2) is 37.4. The predicted molar refractivity (Wildman–Crippen MR) is 233 cm³/mol. The van der Waals surface area contributed by atoms with Crippen LogP contribution in [0.5, 0.6) is 0 Å². The number of ether oxygens (including phenoxy) is 2. The summed E-state index contributed by atoms with van der Waals surface area (Å²) in [4.78, 5) is 13.1. The standard InChI is InChI=1S/C47H89NO10/c1-3-5-7-9-11-13-15-17-19-20-21-23-24-26-28-30-32-34-39(50)42(52)38(37-57-47-45(55)44(54)43(53)41(36-49)58-47)48-46(56)40(51)35-33-31-29-27-25-22-18-16-14-12-10-8-6-4-2/h14,16,26,28,38-45,47,49-55H,3-13,15,17-25,27,29-37H2,1-2H3,(H,48,56)/b16-14-,28-26+. The van der Waals surface area contributed by atoms with Crippen LogP contribution in [-0.2, 0) is 14.3 Å². The number of unbranched alkanes of at least 4 members (excludes halogenated alkanes) is 23. The van der Waals surface area contributed by atoms with Gasteiger partial charge in [-0.05, 0) is 64.2 Å². The highest BCUT2D eigenvalue weighted by Crippen LogP contribution is 2.23. The van der Waals surface area contributed by atoms with Gasteiger partial charge in [0, 0.05) is 0 Å². The molecule has 0 radical (unpaired) electrons. The van der Waals surface area contributed by atoms with Crippen LogP contribution in [0.4, 0.5) is 0 Å². The number of rotatable bonds is 39. The Morgan fingerprint density at radius 2 is 1.02 bits per heavy atom. The van der Waals surface area contributed by atoms with Crippen LogP contribution in [0.3, 0.4) is 0 Å². The van der Waals surface area contributed by atoms with Crippen molar-refractivity contribution in [2.75, 3.05) is 13.2 Å². The van der Waals surface area contributed by atoms with Crippen molar-refractivity contribution in [3.63, 3.8) is 0 Å². The predicted octanol–water partition coefficient (Wildman–Crippen LogP) is 7.84. The van der Waals surface area contributed by atoms with Crippen molar-refractivity contribution in [3.05, 3.63) is 24.3 Å². The lowest BCUT2D eigenvalue weighted by atomic mass is 9.98. The smallest absolute Gasteiger partial charge is 0.249 e. The molecule has 9 unspecified atom stereocenters. The zero-order chi connectivity index (χ0) is 42.6. The largest absolute Gasteiger partial charge is 0.394 e. The molecule has 1 saturated heterocycles. The van der Waals surface area contributed by atoms with E-state index in [9.17, 15) is 40.5 Å². The number of aliphatic hydroxyl groups is 7. The van der Waals surface area contributed by atoms with Gasteiger partial charge in [0.2, 0.25) is 5.91 Å². The maximum absolute atomic E-state index is 13.1. The first-order valence-corrected chi connectivity index (χ1v) is 23.7. The van der Waals surface area contributed by atoms with Gasteiger partial charge in [0.25, 0.3) is 0 Å². The third kappa shape index (κ3) is 26.7. The van der Waals surface area contributed by atoms with E-state index in [-0.39, 0.29) is 12.8 Å². The van der Waals surface area contributed by atoms with Crippen molar-refractivity contribution in [1.29, 1.82) is 0 Å². The fourth-order valence-electron chi connectivity index (χ4n) is 7.49. The maximum Gasteiger partial charge on any atom is 0.249 e. The maximum atomic E-state index is 13.1. The molecule has 1 rings (SSSR count). The Hall–Kier alpha value is -1.41. The Morgan fingerprint density at radius 3 is 1.50 bits per heavy atom. The van der Waals surface area contributed by atoms with E-state index in [4.69, 9.17) is 9.47 Å². The zero-order valence-electron chi connectivity index (χ0n) is 36.8. The van der Waals surface area contributed by atoms with Gasteiger partial charge in [-0.25, -0.2) is 0 Å². The Bertz CT molecular complexity index is 997. The lowest BCUT2D eigenvalue weighted by Gasteiger charge is -2.40. The molecular formula is C47H89NO10. The van der Waals surface area contributed by atoms with Gasteiger partial charge < -0.3 is 50.5 Å². The van der Waals surface area contributed by atoms with Gasteiger partial charge in [-0.1, -0.05) is 160 Å². The minimum atomic E-state index is -1.67. The van der Waals surface area contributed by atoms with Crippen LogP contribution in [0.15, 0.2) is 24.3 Å². The normalized spacial score (nSPS) is 22.1. The highest BCUT2D eigenvalue weighted by Gasteiger charge is 2.44. The van der Waals surface area contributed by atoms with Crippen molar-refractivity contribution in [2.45, 2.75) is 255 Å². The second-order valence-electron chi connectivity index (χ2n) is 16.8. The van der Waals surface area contributed by atoms with E-state index in [1.54, 1.807) is 0 Å². The Morgan fingerprint density at radius 1 is 0.586 bits per heavy atom. The molecule has 1 aliphatic heterocycles. The summed E-state index contributed by atoms with van der Waals surface area (Å²) in [5, 5.41) is 75.6. The van der Waals surface area contributed by atoms with Crippen LogP contribution in [0, 0.1) is 0 Å². The van der Waals surface area contributed by atoms with E-state index in [2.05, 4.69) is 43.5 Å². The molecule has 0 saturated carbocycles. The van der Waals surface area contributed by atoms with Gasteiger partial charge in [0.15, 0.2) is 6.29 Å². The SMILES string of the molecule is CCCCCC/C=C\CCCCCCCCC(O)C(=O)NC(COC1OC(CO)C(O)C(O)C1O)C(O)C(O)CCC/C=C/CCCCCCCCCCCCCC. The summed E-state index contributed by atoms with van der Waals surface area (Å²) in [6.07, 6.45) is 29.4. The topological polar surface area (TPSA) is 189 Å². The minimum absolute atomic E-state index is 0.247. The van der Waals surface area contributed by atoms with E-state index in [1.807, 2.05) is 0 Å². The van der Waals surface area contributed by atoms with E-state index in [1.165, 1.54) is 103 Å².